The van der Waals surface area contributed by atoms with Crippen LogP contribution in [0.5, 0.6) is 17.2 Å². The van der Waals surface area contributed by atoms with Crippen LogP contribution in [-0.4, -0.2) is 18.4 Å². The molecule has 0 bridgehead atoms. The summed E-state index contributed by atoms with van der Waals surface area (Å²) < 4.78 is 22.7. The summed E-state index contributed by atoms with van der Waals surface area (Å²) in [7, 11) is 0. The van der Waals surface area contributed by atoms with Crippen molar-refractivity contribution in [2.24, 2.45) is 0 Å². The maximum atomic E-state index is 13.0. The number of benzene rings is 3. The third kappa shape index (κ3) is 3.94. The highest BCUT2D eigenvalue weighted by Crippen LogP contribution is 2.36. The molecule has 0 fully saturated rings. The number of hydrogen-bond donors (Lipinski definition) is 0. The van der Waals surface area contributed by atoms with Crippen molar-refractivity contribution in [2.45, 2.75) is 20.8 Å². The molecule has 0 radical (unpaired) electrons. The third-order valence-electron chi connectivity index (χ3n) is 5.54. The van der Waals surface area contributed by atoms with Gasteiger partial charge in [-0.15, -0.1) is 0 Å². The largest absolute Gasteiger partial charge is 0.494 e. The molecule has 3 aromatic carbocycles. The van der Waals surface area contributed by atoms with Crippen LogP contribution in [-0.2, 0) is 0 Å². The molecule has 4 aromatic rings. The van der Waals surface area contributed by atoms with Crippen LogP contribution in [0.15, 0.2) is 70.8 Å². The number of allylic oxidation sites excluding steroid dienone is 1. The minimum Gasteiger partial charge on any atom is -0.494 e. The van der Waals surface area contributed by atoms with Gasteiger partial charge in [-0.3, -0.25) is 4.79 Å². The molecule has 0 aliphatic carbocycles. The molecular formula is C28H22O6. The molecule has 0 saturated heterocycles. The number of hydrogen-bond acceptors (Lipinski definition) is 6. The van der Waals surface area contributed by atoms with Crippen molar-refractivity contribution in [1.82, 2.24) is 0 Å². The lowest BCUT2D eigenvalue weighted by atomic mass is 10.1. The molecule has 0 amide bonds. The summed E-state index contributed by atoms with van der Waals surface area (Å²) in [6.45, 7) is 6.10. The van der Waals surface area contributed by atoms with Gasteiger partial charge in [-0.25, -0.2) is 4.79 Å². The van der Waals surface area contributed by atoms with E-state index in [9.17, 15) is 9.59 Å². The lowest BCUT2D eigenvalue weighted by Gasteiger charge is -2.06. The zero-order chi connectivity index (χ0) is 23.8. The Balaban J connectivity index is 1.41. The number of esters is 1. The van der Waals surface area contributed by atoms with E-state index in [1.54, 1.807) is 49.4 Å². The average molecular weight is 454 g/mol. The Kier molecular flexibility index (Phi) is 5.42. The van der Waals surface area contributed by atoms with E-state index in [0.717, 1.165) is 11.1 Å². The van der Waals surface area contributed by atoms with E-state index in [1.165, 1.54) is 0 Å². The second-order valence-electron chi connectivity index (χ2n) is 8.03. The average Bonchev–Trinajstić information content (AvgIpc) is 3.29. The molecule has 34 heavy (non-hydrogen) atoms. The number of aryl methyl sites for hydroxylation is 2. The van der Waals surface area contributed by atoms with E-state index in [1.807, 2.05) is 38.1 Å². The van der Waals surface area contributed by atoms with E-state index in [4.69, 9.17) is 18.6 Å². The molecule has 6 nitrogen and oxygen atoms in total. The molecule has 170 valence electrons. The second-order valence-corrected chi connectivity index (χ2v) is 8.03. The van der Waals surface area contributed by atoms with Crippen molar-refractivity contribution in [3.05, 3.63) is 94.4 Å². The summed E-state index contributed by atoms with van der Waals surface area (Å²) in [6.07, 6.45) is 1.71. The van der Waals surface area contributed by atoms with Crippen LogP contribution < -0.4 is 14.2 Å². The maximum Gasteiger partial charge on any atom is 0.347 e. The first-order valence-corrected chi connectivity index (χ1v) is 11.0. The van der Waals surface area contributed by atoms with Gasteiger partial charge in [0, 0.05) is 11.5 Å². The van der Waals surface area contributed by atoms with Crippen molar-refractivity contribution in [3.63, 3.8) is 0 Å². The summed E-state index contributed by atoms with van der Waals surface area (Å²) in [5.41, 5.74) is 3.28. The Hall–Kier alpha value is -4.32. The zero-order valence-corrected chi connectivity index (χ0v) is 19.0. The maximum absolute atomic E-state index is 13.0. The van der Waals surface area contributed by atoms with Crippen molar-refractivity contribution < 1.29 is 28.2 Å². The predicted octanol–water partition coefficient (Wildman–Crippen LogP) is 6.28. The molecule has 0 unspecified atom stereocenters. The van der Waals surface area contributed by atoms with Gasteiger partial charge >= 0.3 is 5.97 Å². The van der Waals surface area contributed by atoms with E-state index in [-0.39, 0.29) is 17.3 Å². The lowest BCUT2D eigenvalue weighted by Crippen LogP contribution is -2.09. The molecule has 2 heterocycles. The van der Waals surface area contributed by atoms with E-state index in [0.29, 0.717) is 46.0 Å². The number of carbonyl (C=O) groups is 2. The lowest BCUT2D eigenvalue weighted by molar-refractivity contribution is 0.0734. The summed E-state index contributed by atoms with van der Waals surface area (Å²) >= 11 is 0. The molecule has 0 N–H and O–H groups in total. The number of furan rings is 1. The minimum atomic E-state index is -0.565. The quantitative estimate of drug-likeness (QED) is 0.201. The first-order valence-electron chi connectivity index (χ1n) is 11.0. The smallest absolute Gasteiger partial charge is 0.347 e. The second kappa shape index (κ2) is 8.56. The van der Waals surface area contributed by atoms with Gasteiger partial charge in [0.1, 0.15) is 34.2 Å². The number of Topliss-reactive ketones (excluding diaryl/α,β-unsaturated/α-hetero) is 1. The van der Waals surface area contributed by atoms with Gasteiger partial charge in [-0.2, -0.15) is 0 Å². The fourth-order valence-corrected chi connectivity index (χ4v) is 4.01. The SMILES string of the molecule is CCOc1ccc2oc(C)c(C(=O)Oc3ccc4c(c3)O/C(=C\c3cccc(C)c3)C4=O)c2c1. The third-order valence-corrected chi connectivity index (χ3v) is 5.54. The topological polar surface area (TPSA) is 75.0 Å². The standard InChI is InChI=1S/C28H22O6/c1-4-31-19-9-11-23-22(14-19)26(17(3)32-23)28(30)33-20-8-10-21-24(15-20)34-25(27(21)29)13-18-7-5-6-16(2)12-18/h5-15H,4H2,1-3H3/b25-13-. The zero-order valence-electron chi connectivity index (χ0n) is 19.0. The normalized spacial score (nSPS) is 13.7. The van der Waals surface area contributed by atoms with Crippen molar-refractivity contribution in [1.29, 1.82) is 0 Å². The molecule has 1 aliphatic rings. The first kappa shape index (κ1) is 21.5. The van der Waals surface area contributed by atoms with Crippen LogP contribution in [0.2, 0.25) is 0 Å². The van der Waals surface area contributed by atoms with E-state index in [2.05, 4.69) is 0 Å². The summed E-state index contributed by atoms with van der Waals surface area (Å²) in [6, 6.07) is 17.8. The summed E-state index contributed by atoms with van der Waals surface area (Å²) in [5, 5.41) is 0.615. The Morgan fingerprint density at radius 1 is 1.00 bits per heavy atom. The fourth-order valence-electron chi connectivity index (χ4n) is 4.01. The number of ether oxygens (including phenoxy) is 3. The van der Waals surface area contributed by atoms with E-state index >= 15 is 0 Å². The number of fused-ring (bicyclic) bond motifs is 2. The van der Waals surface area contributed by atoms with Crippen LogP contribution in [0.1, 0.15) is 44.5 Å². The van der Waals surface area contributed by atoms with Crippen molar-refractivity contribution >= 4 is 28.8 Å². The highest BCUT2D eigenvalue weighted by atomic mass is 16.5. The van der Waals surface area contributed by atoms with Crippen molar-refractivity contribution in [3.8, 4) is 17.2 Å². The molecule has 0 atom stereocenters. The summed E-state index contributed by atoms with van der Waals surface area (Å²) in [5.74, 6) is 1.15. The Bertz CT molecular complexity index is 1470. The molecule has 1 aliphatic heterocycles. The van der Waals surface area contributed by atoms with Gasteiger partial charge in [0.2, 0.25) is 5.78 Å². The Morgan fingerprint density at radius 2 is 1.82 bits per heavy atom. The van der Waals surface area contributed by atoms with Crippen LogP contribution in [0.4, 0.5) is 0 Å². The monoisotopic (exact) mass is 454 g/mol. The molecule has 5 rings (SSSR count). The Morgan fingerprint density at radius 3 is 2.62 bits per heavy atom. The van der Waals surface area contributed by atoms with Gasteiger partial charge in [0.25, 0.3) is 0 Å². The highest BCUT2D eigenvalue weighted by molar-refractivity contribution is 6.14. The molecule has 1 aromatic heterocycles. The molecular weight excluding hydrogens is 432 g/mol. The predicted molar refractivity (Wildman–Crippen MR) is 128 cm³/mol. The molecule has 0 spiro atoms. The van der Waals surface area contributed by atoms with Gasteiger partial charge in [0.05, 0.1) is 12.2 Å². The molecule has 6 heteroatoms. The van der Waals surface area contributed by atoms with Crippen LogP contribution in [0.3, 0.4) is 0 Å². The number of ketones is 1. The van der Waals surface area contributed by atoms with Gasteiger partial charge < -0.3 is 18.6 Å². The van der Waals surface area contributed by atoms with Gasteiger partial charge in [0.15, 0.2) is 5.76 Å². The number of carbonyl (C=O) groups excluding carboxylic acids is 2. The van der Waals surface area contributed by atoms with E-state index < -0.39 is 5.97 Å². The van der Waals surface area contributed by atoms with Gasteiger partial charge in [-0.1, -0.05) is 29.8 Å². The number of rotatable bonds is 5. The fraction of sp³-hybridized carbons (Fsp3) is 0.143. The minimum absolute atomic E-state index is 0.213. The first-order chi connectivity index (χ1) is 16.4. The van der Waals surface area contributed by atoms with Crippen molar-refractivity contribution in [2.75, 3.05) is 6.61 Å². The van der Waals surface area contributed by atoms with Crippen LogP contribution in [0.25, 0.3) is 17.0 Å². The molecule has 0 saturated carbocycles. The van der Waals surface area contributed by atoms with Gasteiger partial charge in [-0.05, 0) is 62.7 Å². The summed E-state index contributed by atoms with van der Waals surface area (Å²) in [4.78, 5) is 25.8. The Labute approximate surface area is 196 Å². The van der Waals surface area contributed by atoms with Crippen LogP contribution >= 0.6 is 0 Å². The highest BCUT2D eigenvalue weighted by Gasteiger charge is 2.28. The van der Waals surface area contributed by atoms with Crippen LogP contribution in [0, 0.1) is 13.8 Å².